The topological polar surface area (TPSA) is 180 Å². The number of halogens is 2. The summed E-state index contributed by atoms with van der Waals surface area (Å²) < 4.78 is 42.9. The van der Waals surface area contributed by atoms with Crippen molar-refractivity contribution in [2.45, 2.75) is 26.1 Å². The maximum atomic E-state index is 13.2. The minimum Gasteiger partial charge on any atom is -0.495 e. The number of hydrogen-bond donors (Lipinski definition) is 0. The van der Waals surface area contributed by atoms with Crippen molar-refractivity contribution >= 4 is 57.6 Å². The highest BCUT2D eigenvalue weighted by Crippen LogP contribution is 2.41. The second-order valence-electron chi connectivity index (χ2n) is 14.6. The van der Waals surface area contributed by atoms with Crippen molar-refractivity contribution in [2.24, 2.45) is 0 Å². The monoisotopic (exact) mass is 1030 g/mol. The molecule has 0 spiro atoms. The summed E-state index contributed by atoms with van der Waals surface area (Å²) in [6, 6.07) is 29.1. The minimum atomic E-state index is -0.816. The lowest BCUT2D eigenvalue weighted by molar-refractivity contribution is -0.179. The number of rotatable bonds is 16. The summed E-state index contributed by atoms with van der Waals surface area (Å²) in [5, 5.41) is 21.7. The second-order valence-corrected chi connectivity index (χ2v) is 17.8. The molecule has 0 N–H and O–H groups in total. The number of Topliss-reactive ketones (excluding diaryl/α,β-unsaturated/α-hetero) is 1. The van der Waals surface area contributed by atoms with Crippen LogP contribution in [0.2, 0.25) is 10.0 Å². The molecule has 20 heteroatoms. The zero-order chi connectivity index (χ0) is 50.5. The van der Waals surface area contributed by atoms with Crippen LogP contribution in [0.3, 0.4) is 0 Å². The van der Waals surface area contributed by atoms with Gasteiger partial charge < -0.3 is 37.3 Å². The Morgan fingerprint density at radius 3 is 1.39 bits per heavy atom. The molecule has 0 saturated heterocycles. The quantitative estimate of drug-likeness (QED) is 0.0658. The highest BCUT2D eigenvalue weighted by Gasteiger charge is 2.27. The zero-order valence-corrected chi connectivity index (χ0v) is 42.9. The largest absolute Gasteiger partial charge is 0.495 e. The normalized spacial score (nSPS) is 11.6. The molecule has 0 fully saturated rings. The summed E-state index contributed by atoms with van der Waals surface area (Å²) in [6.07, 6.45) is 0.103. The second kappa shape index (κ2) is 24.8. The maximum Gasteiger partial charge on any atom is 0.279 e. The van der Waals surface area contributed by atoms with Crippen molar-refractivity contribution < 1.29 is 51.7 Å². The van der Waals surface area contributed by atoms with Crippen LogP contribution in [0, 0.1) is 13.8 Å². The number of nitrogens with zero attached hydrogens (tertiary/aromatic N) is 5. The molecule has 8 rings (SSSR count). The first-order valence-electron chi connectivity index (χ1n) is 21.0. The van der Waals surface area contributed by atoms with E-state index in [1.165, 1.54) is 58.2 Å². The fourth-order valence-corrected chi connectivity index (χ4v) is 8.60. The Balaban J connectivity index is 0.000000186. The number of hydroxylamine groups is 2. The summed E-state index contributed by atoms with van der Waals surface area (Å²) in [7, 11) is 12.1. The molecule has 0 aliphatic rings. The van der Waals surface area contributed by atoms with E-state index in [0.29, 0.717) is 49.9 Å². The molecule has 4 heterocycles. The Kier molecular flexibility index (Phi) is 18.7. The van der Waals surface area contributed by atoms with Crippen molar-refractivity contribution in [2.75, 3.05) is 56.8 Å². The number of carbonyl (C=O) groups is 2. The van der Waals surface area contributed by atoms with Gasteiger partial charge in [-0.2, -0.15) is 0 Å². The summed E-state index contributed by atoms with van der Waals surface area (Å²) in [6.45, 7) is 3.82. The SMILES string of the molecule is COC(C(=O)N(C)OC)c1ccc(-c2nnc(C)s2)cc1.COc1cc(-c2ccc(C(=O)C(OC)c3ccc(-c4nnc(C)s4)cc3)o2)cc(OC)c1Cl.COc1cc(-c2ccco2)cc(OC)c1Cl. The van der Waals surface area contributed by atoms with Crippen molar-refractivity contribution in [3.05, 3.63) is 140 Å². The van der Waals surface area contributed by atoms with Gasteiger partial charge in [0.1, 0.15) is 70.7 Å². The first kappa shape index (κ1) is 52.7. The van der Waals surface area contributed by atoms with Crippen LogP contribution in [-0.2, 0) is 19.1 Å². The van der Waals surface area contributed by atoms with Gasteiger partial charge in [0.25, 0.3) is 5.91 Å². The zero-order valence-electron chi connectivity index (χ0n) is 39.8. The van der Waals surface area contributed by atoms with E-state index < -0.39 is 12.2 Å². The number of likely N-dealkylation sites (N-methyl/N-ethyl adjacent to an activating group) is 1. The molecule has 4 aromatic carbocycles. The van der Waals surface area contributed by atoms with Crippen molar-refractivity contribution in [3.63, 3.8) is 0 Å². The summed E-state index contributed by atoms with van der Waals surface area (Å²) in [5.41, 5.74) is 4.89. The van der Waals surface area contributed by atoms with Gasteiger partial charge in [0.15, 0.2) is 11.9 Å². The van der Waals surface area contributed by atoms with Gasteiger partial charge in [-0.1, -0.05) is 94.4 Å². The molecular formula is C50H49Cl2N5O11S2. The van der Waals surface area contributed by atoms with Crippen molar-refractivity contribution in [3.8, 4) is 66.8 Å². The summed E-state index contributed by atoms with van der Waals surface area (Å²) >= 11 is 15.3. The Bertz CT molecular complexity index is 2930. The molecule has 8 aromatic rings. The molecule has 2 atom stereocenters. The van der Waals surface area contributed by atoms with E-state index in [1.807, 2.05) is 86.6 Å². The van der Waals surface area contributed by atoms with E-state index in [2.05, 4.69) is 20.4 Å². The number of benzene rings is 4. The van der Waals surface area contributed by atoms with Crippen LogP contribution in [-0.4, -0.2) is 94.0 Å². The van der Waals surface area contributed by atoms with E-state index >= 15 is 0 Å². The predicted molar refractivity (Wildman–Crippen MR) is 268 cm³/mol. The number of aromatic nitrogens is 4. The molecule has 2 unspecified atom stereocenters. The molecule has 0 aliphatic heterocycles. The van der Waals surface area contributed by atoms with Crippen LogP contribution in [0.1, 0.15) is 43.9 Å². The number of ketones is 1. The van der Waals surface area contributed by atoms with Crippen LogP contribution in [0.25, 0.3) is 43.8 Å². The molecule has 4 aromatic heterocycles. The van der Waals surface area contributed by atoms with Gasteiger partial charge in [0.2, 0.25) is 5.78 Å². The van der Waals surface area contributed by atoms with E-state index in [-0.39, 0.29) is 17.5 Å². The summed E-state index contributed by atoms with van der Waals surface area (Å²) in [5.74, 6) is 2.84. The van der Waals surface area contributed by atoms with Crippen LogP contribution >= 0.6 is 45.9 Å². The molecular weight excluding hydrogens is 982 g/mol. The molecule has 0 bridgehead atoms. The minimum absolute atomic E-state index is 0.175. The average Bonchev–Trinajstić information content (AvgIpc) is 4.25. The van der Waals surface area contributed by atoms with Gasteiger partial charge in [-0.05, 0) is 73.5 Å². The molecule has 0 aliphatic carbocycles. The molecule has 0 saturated carbocycles. The van der Waals surface area contributed by atoms with Crippen LogP contribution in [0.15, 0.2) is 112 Å². The molecule has 70 heavy (non-hydrogen) atoms. The van der Waals surface area contributed by atoms with E-state index in [4.69, 9.17) is 65.3 Å². The van der Waals surface area contributed by atoms with Crippen molar-refractivity contribution in [1.82, 2.24) is 25.5 Å². The van der Waals surface area contributed by atoms with Gasteiger partial charge in [-0.3, -0.25) is 14.4 Å². The first-order valence-corrected chi connectivity index (χ1v) is 23.4. The molecule has 16 nitrogen and oxygen atoms in total. The lowest BCUT2D eigenvalue weighted by Gasteiger charge is -2.20. The van der Waals surface area contributed by atoms with Gasteiger partial charge in [-0.15, -0.1) is 20.4 Å². The number of carbonyl (C=O) groups excluding carboxylic acids is 2. The average molecular weight is 1030 g/mol. The third kappa shape index (κ3) is 12.6. The molecule has 366 valence electrons. The van der Waals surface area contributed by atoms with Gasteiger partial charge >= 0.3 is 0 Å². The third-order valence-corrected chi connectivity index (χ3v) is 12.8. The number of aryl methyl sites for hydroxylation is 2. The number of amides is 1. The predicted octanol–water partition coefficient (Wildman–Crippen LogP) is 11.9. The Morgan fingerprint density at radius 2 is 1.01 bits per heavy atom. The van der Waals surface area contributed by atoms with Crippen LogP contribution in [0.5, 0.6) is 23.0 Å². The summed E-state index contributed by atoms with van der Waals surface area (Å²) in [4.78, 5) is 30.2. The fourth-order valence-electron chi connectivity index (χ4n) is 6.68. The Morgan fingerprint density at radius 1 is 0.571 bits per heavy atom. The van der Waals surface area contributed by atoms with E-state index in [0.717, 1.165) is 53.1 Å². The highest BCUT2D eigenvalue weighted by atomic mass is 35.5. The van der Waals surface area contributed by atoms with E-state index in [9.17, 15) is 9.59 Å². The number of hydrogen-bond acceptors (Lipinski definition) is 17. The van der Waals surface area contributed by atoms with E-state index in [1.54, 1.807) is 51.8 Å². The first-order chi connectivity index (χ1) is 33.8. The maximum absolute atomic E-state index is 13.2. The lowest BCUT2D eigenvalue weighted by atomic mass is 10.0. The highest BCUT2D eigenvalue weighted by molar-refractivity contribution is 7.14. The fraction of sp³-hybridized carbons (Fsp3) is 0.240. The lowest BCUT2D eigenvalue weighted by Crippen LogP contribution is -2.31. The third-order valence-electron chi connectivity index (χ3n) is 10.3. The Hall–Kier alpha value is -6.64. The standard InChI is InChI=1S/C24H21ClN2O5S.C14H17N3O3S.C12H11ClO3/c1-13-26-27-24(33-13)15-7-5-14(6-8-15)23(31-4)22(28)18-10-9-17(32-18)16-11-19(29-2)21(25)20(12-16)30-3;1-9-15-16-13(21-9)11-7-5-10(6-8-11)12(19-3)14(18)17(2)20-4;1-14-10-6-8(9-4-3-5-16-9)7-11(15-2)12(10)13/h5-12,23H,1-4H3;5-8,12H,1-4H3;3-7H,1-2H3. The number of furan rings is 2. The van der Waals surface area contributed by atoms with Crippen LogP contribution < -0.4 is 18.9 Å². The molecule has 0 radical (unpaired) electrons. The van der Waals surface area contributed by atoms with Gasteiger partial charge in [-0.25, -0.2) is 5.06 Å². The van der Waals surface area contributed by atoms with Gasteiger partial charge in [0.05, 0.1) is 41.8 Å². The van der Waals surface area contributed by atoms with Crippen molar-refractivity contribution in [1.29, 1.82) is 0 Å². The van der Waals surface area contributed by atoms with Crippen LogP contribution in [0.4, 0.5) is 0 Å². The Labute approximate surface area is 422 Å². The smallest absolute Gasteiger partial charge is 0.279 e. The number of methoxy groups -OCH3 is 6. The molecule has 1 amide bonds. The van der Waals surface area contributed by atoms with Gasteiger partial charge in [0, 0.05) is 43.5 Å². The number of ether oxygens (including phenoxy) is 6.